The number of aromatic nitrogens is 2. The van der Waals surface area contributed by atoms with E-state index in [0.29, 0.717) is 5.56 Å². The highest BCUT2D eigenvalue weighted by molar-refractivity contribution is 5.84. The molecule has 0 radical (unpaired) electrons. The minimum atomic E-state index is 0.640. The van der Waals surface area contributed by atoms with Crippen LogP contribution < -0.4 is 0 Å². The van der Waals surface area contributed by atoms with E-state index in [0.717, 1.165) is 28.8 Å². The lowest BCUT2D eigenvalue weighted by atomic mass is 10.0. The molecule has 0 spiro atoms. The van der Waals surface area contributed by atoms with Gasteiger partial charge in [-0.3, -0.25) is 14.8 Å². The van der Waals surface area contributed by atoms with Gasteiger partial charge in [0, 0.05) is 29.2 Å². The first-order valence-electron chi connectivity index (χ1n) is 5.76. The number of rotatable bonds is 3. The molecule has 0 unspecified atom stereocenters. The summed E-state index contributed by atoms with van der Waals surface area (Å²) in [6, 6.07) is 5.73. The first kappa shape index (κ1) is 12.2. The van der Waals surface area contributed by atoms with Crippen LogP contribution in [0, 0.1) is 6.92 Å². The maximum absolute atomic E-state index is 11.1. The third-order valence-corrected chi connectivity index (χ3v) is 2.70. The molecule has 3 nitrogen and oxygen atoms in total. The maximum Gasteiger partial charge on any atom is 0.152 e. The van der Waals surface area contributed by atoms with E-state index in [1.54, 1.807) is 12.4 Å². The highest BCUT2D eigenvalue weighted by Gasteiger charge is 2.08. The molecular formula is C15H14N2O. The Morgan fingerprint density at radius 1 is 1.33 bits per heavy atom. The molecule has 0 saturated carbocycles. The number of aldehydes is 1. The van der Waals surface area contributed by atoms with Crippen LogP contribution in [0.1, 0.15) is 28.5 Å². The molecule has 0 amide bonds. The molecular weight excluding hydrogens is 224 g/mol. The van der Waals surface area contributed by atoms with Crippen molar-refractivity contribution >= 4 is 12.4 Å². The first-order valence-corrected chi connectivity index (χ1v) is 5.76. The smallest absolute Gasteiger partial charge is 0.152 e. The van der Waals surface area contributed by atoms with Gasteiger partial charge in [-0.15, -0.1) is 0 Å². The Morgan fingerprint density at radius 3 is 2.78 bits per heavy atom. The predicted molar refractivity (Wildman–Crippen MR) is 72.3 cm³/mol. The summed E-state index contributed by atoms with van der Waals surface area (Å²) in [6.45, 7) is 3.77. The third kappa shape index (κ3) is 2.35. The molecule has 18 heavy (non-hydrogen) atoms. The Morgan fingerprint density at radius 2 is 2.17 bits per heavy atom. The van der Waals surface area contributed by atoms with E-state index in [1.165, 1.54) is 0 Å². The molecule has 0 N–H and O–H groups in total. The number of carbonyl (C=O) groups is 1. The molecule has 0 saturated heterocycles. The van der Waals surface area contributed by atoms with Crippen molar-refractivity contribution in [3.8, 4) is 11.3 Å². The van der Waals surface area contributed by atoms with Crippen LogP contribution in [0.25, 0.3) is 17.3 Å². The van der Waals surface area contributed by atoms with Gasteiger partial charge in [0.1, 0.15) is 0 Å². The molecule has 2 aromatic heterocycles. The molecule has 0 fully saturated rings. The molecule has 2 rings (SSSR count). The van der Waals surface area contributed by atoms with Crippen molar-refractivity contribution in [1.82, 2.24) is 9.97 Å². The molecule has 0 aliphatic rings. The van der Waals surface area contributed by atoms with Crippen LogP contribution in [0.3, 0.4) is 0 Å². The second-order valence-corrected chi connectivity index (χ2v) is 3.96. The molecule has 0 bridgehead atoms. The lowest BCUT2D eigenvalue weighted by molar-refractivity contribution is 0.112. The quantitative estimate of drug-likeness (QED) is 0.770. The largest absolute Gasteiger partial charge is 0.298 e. The van der Waals surface area contributed by atoms with Crippen molar-refractivity contribution in [1.29, 1.82) is 0 Å². The van der Waals surface area contributed by atoms with E-state index in [-0.39, 0.29) is 0 Å². The zero-order valence-corrected chi connectivity index (χ0v) is 10.4. The van der Waals surface area contributed by atoms with Crippen molar-refractivity contribution in [3.63, 3.8) is 0 Å². The molecule has 0 aliphatic carbocycles. The van der Waals surface area contributed by atoms with Crippen LogP contribution in [-0.2, 0) is 0 Å². The molecule has 2 heterocycles. The molecule has 2 aromatic rings. The van der Waals surface area contributed by atoms with Gasteiger partial charge in [0.15, 0.2) is 6.29 Å². The minimum Gasteiger partial charge on any atom is -0.298 e. The zero-order valence-electron chi connectivity index (χ0n) is 10.4. The van der Waals surface area contributed by atoms with Crippen molar-refractivity contribution in [2.75, 3.05) is 0 Å². The van der Waals surface area contributed by atoms with Crippen LogP contribution in [0.2, 0.25) is 0 Å². The highest BCUT2D eigenvalue weighted by Crippen LogP contribution is 2.21. The normalized spacial score (nSPS) is 10.8. The zero-order chi connectivity index (χ0) is 13.0. The third-order valence-electron chi connectivity index (χ3n) is 2.70. The number of aryl methyl sites for hydroxylation is 1. The average Bonchev–Trinajstić information content (AvgIpc) is 2.40. The lowest BCUT2D eigenvalue weighted by Crippen LogP contribution is -1.97. The Kier molecular flexibility index (Phi) is 3.63. The van der Waals surface area contributed by atoms with E-state index in [9.17, 15) is 4.79 Å². The second-order valence-electron chi connectivity index (χ2n) is 3.96. The topological polar surface area (TPSA) is 42.9 Å². The van der Waals surface area contributed by atoms with Crippen molar-refractivity contribution in [2.24, 2.45) is 0 Å². The number of allylic oxidation sites excluding steroid dienone is 1. The summed E-state index contributed by atoms with van der Waals surface area (Å²) in [6.07, 6.45) is 8.17. The van der Waals surface area contributed by atoms with Crippen molar-refractivity contribution in [3.05, 3.63) is 53.5 Å². The highest BCUT2D eigenvalue weighted by atomic mass is 16.1. The molecule has 0 atom stereocenters. The summed E-state index contributed by atoms with van der Waals surface area (Å²) in [5.74, 6) is 0. The summed E-state index contributed by atoms with van der Waals surface area (Å²) in [5.41, 5.74) is 4.04. The average molecular weight is 238 g/mol. The first-order chi connectivity index (χ1) is 8.76. The molecule has 0 aliphatic heterocycles. The van der Waals surface area contributed by atoms with Gasteiger partial charge in [0.2, 0.25) is 0 Å². The number of carbonyl (C=O) groups excluding carboxylic acids is 1. The van der Waals surface area contributed by atoms with Gasteiger partial charge in [0.05, 0.1) is 5.69 Å². The number of pyridine rings is 2. The summed E-state index contributed by atoms with van der Waals surface area (Å²) in [4.78, 5) is 19.6. The van der Waals surface area contributed by atoms with Gasteiger partial charge in [-0.05, 0) is 37.6 Å². The summed E-state index contributed by atoms with van der Waals surface area (Å²) in [7, 11) is 0. The Hall–Kier alpha value is -2.29. The van der Waals surface area contributed by atoms with Crippen molar-refractivity contribution < 1.29 is 4.79 Å². The minimum absolute atomic E-state index is 0.640. The SMILES string of the molecule is C/C=C\c1cc(-c2cccnc2)nc(C)c1C=O. The van der Waals surface area contributed by atoms with Gasteiger partial charge < -0.3 is 0 Å². The van der Waals surface area contributed by atoms with E-state index in [1.807, 2.05) is 44.2 Å². The van der Waals surface area contributed by atoms with E-state index >= 15 is 0 Å². The lowest BCUT2D eigenvalue weighted by Gasteiger charge is -2.07. The summed E-state index contributed by atoms with van der Waals surface area (Å²) >= 11 is 0. The summed E-state index contributed by atoms with van der Waals surface area (Å²) < 4.78 is 0. The van der Waals surface area contributed by atoms with E-state index < -0.39 is 0 Å². The van der Waals surface area contributed by atoms with Gasteiger partial charge >= 0.3 is 0 Å². The van der Waals surface area contributed by atoms with E-state index in [2.05, 4.69) is 9.97 Å². The molecule has 0 aromatic carbocycles. The van der Waals surface area contributed by atoms with Gasteiger partial charge in [0.25, 0.3) is 0 Å². The summed E-state index contributed by atoms with van der Waals surface area (Å²) in [5, 5.41) is 0. The fourth-order valence-corrected chi connectivity index (χ4v) is 1.84. The number of hydrogen-bond donors (Lipinski definition) is 0. The van der Waals surface area contributed by atoms with E-state index in [4.69, 9.17) is 0 Å². The Bertz CT molecular complexity index is 589. The van der Waals surface area contributed by atoms with Crippen LogP contribution in [0.5, 0.6) is 0 Å². The monoisotopic (exact) mass is 238 g/mol. The van der Waals surface area contributed by atoms with Crippen LogP contribution >= 0.6 is 0 Å². The molecule has 3 heteroatoms. The van der Waals surface area contributed by atoms with Crippen LogP contribution in [0.15, 0.2) is 36.7 Å². The van der Waals surface area contributed by atoms with Crippen LogP contribution in [-0.4, -0.2) is 16.3 Å². The van der Waals surface area contributed by atoms with Gasteiger partial charge in [-0.1, -0.05) is 12.2 Å². The molecule has 90 valence electrons. The number of nitrogens with zero attached hydrogens (tertiary/aromatic N) is 2. The number of hydrogen-bond acceptors (Lipinski definition) is 3. The second kappa shape index (κ2) is 5.36. The fourth-order valence-electron chi connectivity index (χ4n) is 1.84. The van der Waals surface area contributed by atoms with Crippen LogP contribution in [0.4, 0.5) is 0 Å². The van der Waals surface area contributed by atoms with Gasteiger partial charge in [-0.25, -0.2) is 0 Å². The van der Waals surface area contributed by atoms with Crippen molar-refractivity contribution in [2.45, 2.75) is 13.8 Å². The fraction of sp³-hybridized carbons (Fsp3) is 0.133. The Labute approximate surface area is 106 Å². The van der Waals surface area contributed by atoms with Gasteiger partial charge in [-0.2, -0.15) is 0 Å². The Balaban J connectivity index is 2.61. The maximum atomic E-state index is 11.1. The predicted octanol–water partition coefficient (Wildman–Crippen LogP) is 3.30. The standard InChI is InChI=1S/C15H14N2O/c1-3-5-12-8-15(13-6-4-7-16-9-13)17-11(2)14(12)10-18/h3-10H,1-2H3/b5-3-.